The molecule has 5 heteroatoms. The molecule has 0 spiro atoms. The zero-order valence-electron chi connectivity index (χ0n) is 10.6. The molecule has 3 nitrogen and oxygen atoms in total. The summed E-state index contributed by atoms with van der Waals surface area (Å²) in [5.74, 6) is -0.462. The van der Waals surface area contributed by atoms with Gasteiger partial charge in [0.2, 0.25) is 0 Å². The molecule has 19 heavy (non-hydrogen) atoms. The monoisotopic (exact) mass is 264 g/mol. The highest BCUT2D eigenvalue weighted by Gasteiger charge is 2.08. The summed E-state index contributed by atoms with van der Waals surface area (Å²) >= 11 is 0. The smallest absolute Gasteiger partial charge is 0.147 e. The minimum absolute atomic E-state index is 0.0516. The summed E-state index contributed by atoms with van der Waals surface area (Å²) in [5, 5.41) is 2.78. The molecule has 0 radical (unpaired) electrons. The number of aryl methyl sites for hydroxylation is 1. The lowest BCUT2D eigenvalue weighted by Gasteiger charge is -2.11. The van der Waals surface area contributed by atoms with Gasteiger partial charge in [0.1, 0.15) is 17.4 Å². The van der Waals surface area contributed by atoms with Crippen molar-refractivity contribution in [3.8, 4) is 5.75 Å². The SMILES string of the molecule is COc1cc(N)cc(Nc2cc(F)c(C)cc2F)c1. The molecular formula is C14H14F2N2O. The number of nitrogens with two attached hydrogens (primary N) is 1. The molecule has 0 aromatic heterocycles. The van der Waals surface area contributed by atoms with E-state index in [0.717, 1.165) is 12.1 Å². The van der Waals surface area contributed by atoms with Crippen molar-refractivity contribution in [3.63, 3.8) is 0 Å². The Kier molecular flexibility index (Phi) is 3.55. The molecule has 0 saturated carbocycles. The molecule has 2 aromatic rings. The number of hydrogen-bond donors (Lipinski definition) is 2. The predicted octanol–water partition coefficient (Wildman–Crippen LogP) is 3.61. The van der Waals surface area contributed by atoms with Crippen LogP contribution in [0, 0.1) is 18.6 Å². The van der Waals surface area contributed by atoms with Crippen LogP contribution in [0.4, 0.5) is 25.8 Å². The largest absolute Gasteiger partial charge is 0.497 e. The van der Waals surface area contributed by atoms with Crippen LogP contribution in [0.15, 0.2) is 30.3 Å². The fourth-order valence-electron chi connectivity index (χ4n) is 1.71. The normalized spacial score (nSPS) is 10.3. The van der Waals surface area contributed by atoms with Crippen molar-refractivity contribution in [2.24, 2.45) is 0 Å². The standard InChI is InChI=1S/C14H14F2N2O/c1-8-3-13(16)14(7-12(8)15)18-10-4-9(17)5-11(6-10)19-2/h3-7,18H,17H2,1-2H3. The van der Waals surface area contributed by atoms with Crippen molar-refractivity contribution in [1.29, 1.82) is 0 Å². The van der Waals surface area contributed by atoms with Crippen molar-refractivity contribution < 1.29 is 13.5 Å². The van der Waals surface area contributed by atoms with Gasteiger partial charge in [0.05, 0.1) is 12.8 Å². The van der Waals surface area contributed by atoms with Gasteiger partial charge >= 0.3 is 0 Å². The van der Waals surface area contributed by atoms with Crippen molar-refractivity contribution in [2.75, 3.05) is 18.2 Å². The Morgan fingerprint density at radius 2 is 1.79 bits per heavy atom. The lowest BCUT2D eigenvalue weighted by atomic mass is 10.2. The van der Waals surface area contributed by atoms with Crippen molar-refractivity contribution in [1.82, 2.24) is 0 Å². The number of rotatable bonds is 3. The Bertz CT molecular complexity index is 615. The van der Waals surface area contributed by atoms with Crippen LogP contribution >= 0.6 is 0 Å². The number of nitrogens with one attached hydrogen (secondary N) is 1. The van der Waals surface area contributed by atoms with E-state index in [2.05, 4.69) is 5.32 Å². The molecule has 0 bridgehead atoms. The maximum Gasteiger partial charge on any atom is 0.147 e. The predicted molar refractivity (Wildman–Crippen MR) is 71.8 cm³/mol. The molecule has 0 aliphatic heterocycles. The summed E-state index contributed by atoms with van der Waals surface area (Å²) in [6.07, 6.45) is 0. The number of methoxy groups -OCH3 is 1. The summed E-state index contributed by atoms with van der Waals surface area (Å²) in [6, 6.07) is 7.14. The fraction of sp³-hybridized carbons (Fsp3) is 0.143. The minimum atomic E-state index is -0.528. The molecule has 0 aliphatic rings. The highest BCUT2D eigenvalue weighted by molar-refractivity contribution is 5.66. The van der Waals surface area contributed by atoms with E-state index < -0.39 is 11.6 Å². The first kappa shape index (κ1) is 13.1. The third-order valence-electron chi connectivity index (χ3n) is 2.69. The van der Waals surface area contributed by atoms with Gasteiger partial charge in [-0.2, -0.15) is 0 Å². The topological polar surface area (TPSA) is 47.3 Å². The van der Waals surface area contributed by atoms with Crippen LogP contribution in [-0.2, 0) is 0 Å². The van der Waals surface area contributed by atoms with Gasteiger partial charge in [-0.25, -0.2) is 8.78 Å². The van der Waals surface area contributed by atoms with Crippen LogP contribution in [0.5, 0.6) is 5.75 Å². The third kappa shape index (κ3) is 2.93. The number of anilines is 3. The molecule has 0 saturated heterocycles. The first-order valence-electron chi connectivity index (χ1n) is 5.67. The molecule has 0 heterocycles. The summed E-state index contributed by atoms with van der Waals surface area (Å²) in [5.41, 5.74) is 7.00. The second-order valence-electron chi connectivity index (χ2n) is 4.20. The molecule has 2 aromatic carbocycles. The zero-order chi connectivity index (χ0) is 14.0. The van der Waals surface area contributed by atoms with Gasteiger partial charge in [0, 0.05) is 29.6 Å². The Balaban J connectivity index is 2.36. The molecule has 2 rings (SSSR count). The van der Waals surface area contributed by atoms with E-state index >= 15 is 0 Å². The van der Waals surface area contributed by atoms with E-state index in [0.29, 0.717) is 17.1 Å². The molecule has 0 aliphatic carbocycles. The number of ether oxygens (including phenoxy) is 1. The lowest BCUT2D eigenvalue weighted by Crippen LogP contribution is -1.98. The highest BCUT2D eigenvalue weighted by Crippen LogP contribution is 2.27. The van der Waals surface area contributed by atoms with Gasteiger partial charge in [0.25, 0.3) is 0 Å². The summed E-state index contributed by atoms with van der Waals surface area (Å²) in [7, 11) is 1.50. The van der Waals surface area contributed by atoms with Gasteiger partial charge in [-0.05, 0) is 24.6 Å². The van der Waals surface area contributed by atoms with Gasteiger partial charge < -0.3 is 15.8 Å². The quantitative estimate of drug-likeness (QED) is 0.832. The maximum atomic E-state index is 13.7. The van der Waals surface area contributed by atoms with Gasteiger partial charge in [0.15, 0.2) is 0 Å². The molecular weight excluding hydrogens is 250 g/mol. The second-order valence-corrected chi connectivity index (χ2v) is 4.20. The van der Waals surface area contributed by atoms with Gasteiger partial charge in [-0.1, -0.05) is 0 Å². The molecule has 0 amide bonds. The van der Waals surface area contributed by atoms with Crippen LogP contribution in [0.1, 0.15) is 5.56 Å². The molecule has 3 N–H and O–H groups in total. The molecule has 0 atom stereocenters. The Morgan fingerprint density at radius 3 is 2.47 bits per heavy atom. The summed E-state index contributed by atoms with van der Waals surface area (Å²) in [6.45, 7) is 1.51. The van der Waals surface area contributed by atoms with Crippen molar-refractivity contribution in [3.05, 3.63) is 47.5 Å². The molecule has 0 fully saturated rings. The van der Waals surface area contributed by atoms with E-state index in [4.69, 9.17) is 10.5 Å². The Morgan fingerprint density at radius 1 is 1.05 bits per heavy atom. The summed E-state index contributed by atoms with van der Waals surface area (Å²) < 4.78 is 32.2. The van der Waals surface area contributed by atoms with E-state index in [1.165, 1.54) is 14.0 Å². The second kappa shape index (κ2) is 5.14. The fourth-order valence-corrected chi connectivity index (χ4v) is 1.71. The van der Waals surface area contributed by atoms with Crippen molar-refractivity contribution in [2.45, 2.75) is 6.92 Å². The highest BCUT2D eigenvalue weighted by atomic mass is 19.1. The van der Waals surface area contributed by atoms with Crippen LogP contribution < -0.4 is 15.8 Å². The third-order valence-corrected chi connectivity index (χ3v) is 2.69. The number of nitrogen functional groups attached to an aromatic ring is 1. The van der Waals surface area contributed by atoms with Crippen LogP contribution in [0.25, 0.3) is 0 Å². The van der Waals surface area contributed by atoms with E-state index in [9.17, 15) is 8.78 Å². The Labute approximate surface area is 110 Å². The average Bonchev–Trinajstić information content (AvgIpc) is 2.35. The van der Waals surface area contributed by atoms with Crippen LogP contribution in [-0.4, -0.2) is 7.11 Å². The van der Waals surface area contributed by atoms with Crippen LogP contribution in [0.2, 0.25) is 0 Å². The van der Waals surface area contributed by atoms with Crippen LogP contribution in [0.3, 0.4) is 0 Å². The van der Waals surface area contributed by atoms with E-state index in [1.807, 2.05) is 0 Å². The van der Waals surface area contributed by atoms with Gasteiger partial charge in [-0.15, -0.1) is 0 Å². The zero-order valence-corrected chi connectivity index (χ0v) is 10.6. The van der Waals surface area contributed by atoms with Gasteiger partial charge in [-0.3, -0.25) is 0 Å². The number of benzene rings is 2. The van der Waals surface area contributed by atoms with Crippen molar-refractivity contribution >= 4 is 17.1 Å². The number of halogens is 2. The maximum absolute atomic E-state index is 13.7. The van der Waals surface area contributed by atoms with E-state index in [1.54, 1.807) is 18.2 Å². The Hall–Kier alpha value is -2.30. The first-order valence-corrected chi connectivity index (χ1v) is 5.67. The first-order chi connectivity index (χ1) is 8.99. The summed E-state index contributed by atoms with van der Waals surface area (Å²) in [4.78, 5) is 0. The lowest BCUT2D eigenvalue weighted by molar-refractivity contribution is 0.415. The average molecular weight is 264 g/mol. The van der Waals surface area contributed by atoms with E-state index in [-0.39, 0.29) is 11.3 Å². The molecule has 100 valence electrons. The number of hydrogen-bond acceptors (Lipinski definition) is 3. The molecule has 0 unspecified atom stereocenters. The minimum Gasteiger partial charge on any atom is -0.497 e.